The van der Waals surface area contributed by atoms with E-state index in [0.29, 0.717) is 0 Å². The van der Waals surface area contributed by atoms with Crippen LogP contribution < -0.4 is 5.32 Å². The van der Waals surface area contributed by atoms with E-state index in [1.165, 1.54) is 30.5 Å². The van der Waals surface area contributed by atoms with E-state index in [1.54, 1.807) is 0 Å². The Labute approximate surface area is 91.6 Å². The number of anilines is 1. The third-order valence-electron chi connectivity index (χ3n) is 3.08. The van der Waals surface area contributed by atoms with Gasteiger partial charge in [0.1, 0.15) is 0 Å². The Balaban J connectivity index is 1.96. The first-order chi connectivity index (χ1) is 7.38. The normalized spacial score (nSPS) is 17.7. The Morgan fingerprint density at radius 3 is 2.87 bits per heavy atom. The van der Waals surface area contributed by atoms with Gasteiger partial charge in [-0.1, -0.05) is 12.1 Å². The average molecular weight is 205 g/mol. The maximum Gasteiger partial charge on any atom is 0.0468 e. The lowest BCUT2D eigenvalue weighted by Gasteiger charge is -2.22. The molecular formula is C13H19NO. The van der Waals surface area contributed by atoms with Gasteiger partial charge in [-0.3, -0.25) is 0 Å². The Bertz CT molecular complexity index is 305. The molecule has 1 aromatic rings. The van der Waals surface area contributed by atoms with Crippen LogP contribution in [0.1, 0.15) is 18.4 Å². The first-order valence-corrected chi connectivity index (χ1v) is 5.73. The molecule has 1 heterocycles. The lowest BCUT2D eigenvalue weighted by molar-refractivity contribution is 0.0665. The van der Waals surface area contributed by atoms with E-state index >= 15 is 0 Å². The molecule has 0 amide bonds. The Morgan fingerprint density at radius 2 is 2.13 bits per heavy atom. The summed E-state index contributed by atoms with van der Waals surface area (Å²) in [6.07, 6.45) is 3.62. The van der Waals surface area contributed by atoms with Crippen LogP contribution in [0.15, 0.2) is 24.3 Å². The van der Waals surface area contributed by atoms with Crippen molar-refractivity contribution in [2.75, 3.05) is 25.6 Å². The molecule has 0 aromatic heterocycles. The molecule has 1 aromatic carbocycles. The van der Waals surface area contributed by atoms with Crippen LogP contribution in [0, 0.1) is 5.92 Å². The SMILES string of the molecule is CNc1cccc(CC2CCOCC2)c1. The van der Waals surface area contributed by atoms with Gasteiger partial charge in [-0.25, -0.2) is 0 Å². The van der Waals surface area contributed by atoms with E-state index in [1.807, 2.05) is 7.05 Å². The van der Waals surface area contributed by atoms with Crippen LogP contribution in [0.4, 0.5) is 5.69 Å². The lowest BCUT2D eigenvalue weighted by atomic mass is 9.92. The zero-order valence-electron chi connectivity index (χ0n) is 9.33. The minimum atomic E-state index is 0.811. The van der Waals surface area contributed by atoms with E-state index in [-0.39, 0.29) is 0 Å². The number of nitrogens with one attached hydrogen (secondary N) is 1. The van der Waals surface area contributed by atoms with E-state index < -0.39 is 0 Å². The van der Waals surface area contributed by atoms with Crippen molar-refractivity contribution in [1.29, 1.82) is 0 Å². The number of ether oxygens (including phenoxy) is 1. The smallest absolute Gasteiger partial charge is 0.0468 e. The molecule has 1 aliphatic heterocycles. The third kappa shape index (κ3) is 2.96. The van der Waals surface area contributed by atoms with Crippen LogP contribution in [0.2, 0.25) is 0 Å². The number of benzene rings is 1. The van der Waals surface area contributed by atoms with Crippen LogP contribution in [-0.4, -0.2) is 20.3 Å². The molecule has 1 saturated heterocycles. The minimum Gasteiger partial charge on any atom is -0.388 e. The second kappa shape index (κ2) is 5.17. The summed E-state index contributed by atoms with van der Waals surface area (Å²) >= 11 is 0. The van der Waals surface area contributed by atoms with Gasteiger partial charge in [0, 0.05) is 25.9 Å². The predicted molar refractivity (Wildman–Crippen MR) is 63.2 cm³/mol. The molecule has 1 aliphatic rings. The van der Waals surface area contributed by atoms with Crippen molar-refractivity contribution in [2.24, 2.45) is 5.92 Å². The second-order valence-corrected chi connectivity index (χ2v) is 4.21. The largest absolute Gasteiger partial charge is 0.388 e. The highest BCUT2D eigenvalue weighted by Crippen LogP contribution is 2.21. The monoisotopic (exact) mass is 205 g/mol. The second-order valence-electron chi connectivity index (χ2n) is 4.21. The average Bonchev–Trinajstić information content (AvgIpc) is 2.31. The van der Waals surface area contributed by atoms with Gasteiger partial charge in [0.25, 0.3) is 0 Å². The van der Waals surface area contributed by atoms with Crippen molar-refractivity contribution in [3.05, 3.63) is 29.8 Å². The van der Waals surface area contributed by atoms with Gasteiger partial charge in [-0.15, -0.1) is 0 Å². The van der Waals surface area contributed by atoms with Gasteiger partial charge < -0.3 is 10.1 Å². The van der Waals surface area contributed by atoms with Gasteiger partial charge in [0.05, 0.1) is 0 Å². The summed E-state index contributed by atoms with van der Waals surface area (Å²) < 4.78 is 5.37. The number of rotatable bonds is 3. The molecule has 82 valence electrons. The minimum absolute atomic E-state index is 0.811. The third-order valence-corrected chi connectivity index (χ3v) is 3.08. The summed E-state index contributed by atoms with van der Waals surface area (Å²) in [7, 11) is 1.97. The Hall–Kier alpha value is -1.02. The van der Waals surface area contributed by atoms with Crippen molar-refractivity contribution in [3.8, 4) is 0 Å². The van der Waals surface area contributed by atoms with Crippen LogP contribution in [-0.2, 0) is 11.2 Å². The summed E-state index contributed by atoms with van der Waals surface area (Å²) in [6, 6.07) is 8.69. The fraction of sp³-hybridized carbons (Fsp3) is 0.538. The summed E-state index contributed by atoms with van der Waals surface area (Å²) in [5.74, 6) is 0.811. The maximum absolute atomic E-state index is 5.37. The van der Waals surface area contributed by atoms with Crippen LogP contribution >= 0.6 is 0 Å². The quantitative estimate of drug-likeness (QED) is 0.819. The van der Waals surface area contributed by atoms with Gasteiger partial charge in [0.15, 0.2) is 0 Å². The van der Waals surface area contributed by atoms with Crippen molar-refractivity contribution < 1.29 is 4.74 Å². The van der Waals surface area contributed by atoms with Crippen LogP contribution in [0.25, 0.3) is 0 Å². The molecule has 2 nitrogen and oxygen atoms in total. The summed E-state index contributed by atoms with van der Waals surface area (Å²) in [6.45, 7) is 1.88. The Kier molecular flexibility index (Phi) is 3.62. The summed E-state index contributed by atoms with van der Waals surface area (Å²) in [4.78, 5) is 0. The van der Waals surface area contributed by atoms with E-state index in [2.05, 4.69) is 29.6 Å². The highest BCUT2D eigenvalue weighted by Gasteiger charge is 2.14. The van der Waals surface area contributed by atoms with Gasteiger partial charge in [0.2, 0.25) is 0 Å². The molecule has 15 heavy (non-hydrogen) atoms. The van der Waals surface area contributed by atoms with E-state index in [4.69, 9.17) is 4.74 Å². The zero-order valence-corrected chi connectivity index (χ0v) is 9.33. The maximum atomic E-state index is 5.37. The molecule has 1 N–H and O–H groups in total. The molecule has 1 fully saturated rings. The molecule has 0 aliphatic carbocycles. The van der Waals surface area contributed by atoms with Gasteiger partial charge in [-0.05, 0) is 42.9 Å². The fourth-order valence-electron chi connectivity index (χ4n) is 2.14. The molecule has 0 atom stereocenters. The van der Waals surface area contributed by atoms with Crippen molar-refractivity contribution in [3.63, 3.8) is 0 Å². The fourth-order valence-corrected chi connectivity index (χ4v) is 2.14. The van der Waals surface area contributed by atoms with Crippen LogP contribution in [0.5, 0.6) is 0 Å². The van der Waals surface area contributed by atoms with Crippen molar-refractivity contribution in [2.45, 2.75) is 19.3 Å². The Morgan fingerprint density at radius 1 is 1.33 bits per heavy atom. The molecule has 0 unspecified atom stereocenters. The zero-order chi connectivity index (χ0) is 10.5. The number of hydrogen-bond donors (Lipinski definition) is 1. The molecule has 2 heteroatoms. The molecule has 0 radical (unpaired) electrons. The molecule has 0 spiro atoms. The molecule has 0 saturated carbocycles. The molecule has 0 bridgehead atoms. The van der Waals surface area contributed by atoms with Crippen molar-refractivity contribution >= 4 is 5.69 Å². The number of hydrogen-bond acceptors (Lipinski definition) is 2. The first kappa shape index (κ1) is 10.5. The van der Waals surface area contributed by atoms with E-state index in [0.717, 1.165) is 19.1 Å². The van der Waals surface area contributed by atoms with E-state index in [9.17, 15) is 0 Å². The summed E-state index contributed by atoms with van der Waals surface area (Å²) in [5.41, 5.74) is 2.65. The lowest BCUT2D eigenvalue weighted by Crippen LogP contribution is -2.17. The van der Waals surface area contributed by atoms with Gasteiger partial charge >= 0.3 is 0 Å². The molecular weight excluding hydrogens is 186 g/mol. The molecule has 2 rings (SSSR count). The highest BCUT2D eigenvalue weighted by atomic mass is 16.5. The topological polar surface area (TPSA) is 21.3 Å². The van der Waals surface area contributed by atoms with Crippen molar-refractivity contribution in [1.82, 2.24) is 0 Å². The predicted octanol–water partition coefficient (Wildman–Crippen LogP) is 2.70. The highest BCUT2D eigenvalue weighted by molar-refractivity contribution is 5.45. The van der Waals surface area contributed by atoms with Gasteiger partial charge in [-0.2, -0.15) is 0 Å². The summed E-state index contributed by atoms with van der Waals surface area (Å²) in [5, 5.41) is 3.18. The first-order valence-electron chi connectivity index (χ1n) is 5.73. The van der Waals surface area contributed by atoms with Crippen LogP contribution in [0.3, 0.4) is 0 Å². The standard InChI is InChI=1S/C13H19NO/c1-14-13-4-2-3-12(10-13)9-11-5-7-15-8-6-11/h2-4,10-11,14H,5-9H2,1H3.